The van der Waals surface area contributed by atoms with Gasteiger partial charge in [-0.25, -0.2) is 22.3 Å². The minimum Gasteiger partial charge on any atom is -0.487 e. The number of anilines is 2. The Morgan fingerprint density at radius 1 is 1.16 bits per heavy atom. The maximum absolute atomic E-state index is 13.0. The maximum Gasteiger partial charge on any atom is 0.340 e. The number of nitrogens with two attached hydrogens (primary N) is 1. The molecule has 0 saturated carbocycles. The number of ether oxygens (including phenoxy) is 1. The van der Waals surface area contributed by atoms with Gasteiger partial charge in [-0.1, -0.05) is 0 Å². The lowest BCUT2D eigenvalue weighted by Gasteiger charge is -2.17. The van der Waals surface area contributed by atoms with Crippen LogP contribution in [0.15, 0.2) is 47.4 Å². The lowest BCUT2D eigenvalue weighted by molar-refractivity contribution is -0.384. The first-order valence-corrected chi connectivity index (χ1v) is 10.0. The van der Waals surface area contributed by atoms with Crippen molar-refractivity contribution in [2.75, 3.05) is 17.2 Å². The van der Waals surface area contributed by atoms with Crippen molar-refractivity contribution in [3.8, 4) is 5.75 Å². The van der Waals surface area contributed by atoms with Crippen LogP contribution in [-0.4, -0.2) is 37.4 Å². The largest absolute Gasteiger partial charge is 0.487 e. The van der Waals surface area contributed by atoms with Crippen LogP contribution in [0.5, 0.6) is 5.75 Å². The van der Waals surface area contributed by atoms with Crippen LogP contribution in [0.2, 0.25) is 0 Å². The van der Waals surface area contributed by atoms with Gasteiger partial charge in [0.1, 0.15) is 5.75 Å². The zero-order valence-corrected chi connectivity index (χ0v) is 16.9. The number of benzene rings is 2. The number of sulfonamides is 1. The monoisotopic (exact) mass is 482 g/mol. The number of rotatable bonds is 8. The van der Waals surface area contributed by atoms with Gasteiger partial charge in [0.15, 0.2) is 11.7 Å². The molecule has 0 saturated heterocycles. The van der Waals surface area contributed by atoms with Crippen molar-refractivity contribution in [3.05, 3.63) is 52.6 Å². The van der Waals surface area contributed by atoms with E-state index in [4.69, 9.17) is 17.4 Å². The van der Waals surface area contributed by atoms with Crippen molar-refractivity contribution in [1.82, 2.24) is 0 Å². The van der Waals surface area contributed by atoms with Gasteiger partial charge >= 0.3 is 12.3 Å². The molecule has 2 rings (SSSR count). The lowest BCUT2D eigenvalue weighted by atomic mass is 10.2. The number of hydrogen-bond acceptors (Lipinski definition) is 6. The van der Waals surface area contributed by atoms with E-state index in [9.17, 15) is 36.1 Å². The molecule has 0 aliphatic rings. The summed E-state index contributed by atoms with van der Waals surface area (Å²) in [6.07, 6.45) is -3.97. The van der Waals surface area contributed by atoms with Gasteiger partial charge in [-0.15, -0.1) is 0 Å². The Labute approximate surface area is 178 Å². The lowest BCUT2D eigenvalue weighted by Crippen LogP contribution is -2.33. The number of nitro benzene ring substituents is 1. The molecule has 0 spiro atoms. The van der Waals surface area contributed by atoms with Gasteiger partial charge in [0, 0.05) is 17.8 Å². The Bertz CT molecular complexity index is 1080. The summed E-state index contributed by atoms with van der Waals surface area (Å²) in [4.78, 5) is 10.1. The number of hydrogen-bond donors (Lipinski definition) is 3. The minimum atomic E-state index is -4.45. The normalized spacial score (nSPS) is 11.8. The fourth-order valence-corrected chi connectivity index (χ4v) is 2.86. The van der Waals surface area contributed by atoms with Crippen molar-refractivity contribution >= 4 is 44.4 Å². The summed E-state index contributed by atoms with van der Waals surface area (Å²) in [6, 6.07) is 7.97. The average molecular weight is 482 g/mol. The second-order valence-electron chi connectivity index (χ2n) is 5.97. The van der Waals surface area contributed by atoms with Gasteiger partial charge in [0.25, 0.3) is 5.69 Å². The Hall–Kier alpha value is -3.04. The predicted molar refractivity (Wildman–Crippen MR) is 107 cm³/mol. The summed E-state index contributed by atoms with van der Waals surface area (Å²) in [5.41, 5.74) is -0.285. The number of non-ortho nitro benzene ring substituents is 1. The standard InChI is InChI=1S/C16H14F4N4O5S2/c17-14(18)16(19,20)8-29-12-6-10(5-11(7-12)24(25)26)23-15(30)22-9-1-3-13(4-2-9)31(21,27)28/h1-7,14H,8H2,(H2,21,27,28)(H2,22,23,30). The Balaban J connectivity index is 2.14. The fraction of sp³-hybridized carbons (Fsp3) is 0.188. The van der Waals surface area contributed by atoms with Crippen molar-refractivity contribution < 1.29 is 35.6 Å². The third kappa shape index (κ3) is 7.01. The number of nitrogens with zero attached hydrogens (tertiary/aromatic N) is 1. The minimum absolute atomic E-state index is 0.0526. The first kappa shape index (κ1) is 24.2. The van der Waals surface area contributed by atoms with Gasteiger partial charge in [0.2, 0.25) is 10.0 Å². The number of halogens is 4. The summed E-state index contributed by atoms with van der Waals surface area (Å²) in [5, 5.41) is 21.1. The molecule has 9 nitrogen and oxygen atoms in total. The third-order valence-electron chi connectivity index (χ3n) is 3.55. The molecule has 0 unspecified atom stereocenters. The van der Waals surface area contributed by atoms with E-state index in [-0.39, 0.29) is 15.7 Å². The summed E-state index contributed by atoms with van der Waals surface area (Å²) in [5.74, 6) is -4.91. The van der Waals surface area contributed by atoms with Crippen LogP contribution >= 0.6 is 12.2 Å². The van der Waals surface area contributed by atoms with Gasteiger partial charge in [-0.05, 0) is 36.5 Å². The molecule has 0 aromatic heterocycles. The van der Waals surface area contributed by atoms with E-state index in [2.05, 4.69) is 15.4 Å². The van der Waals surface area contributed by atoms with Gasteiger partial charge in [0.05, 0.1) is 21.6 Å². The molecule has 0 aliphatic heterocycles. The van der Waals surface area contributed by atoms with E-state index in [1.54, 1.807) is 0 Å². The molecular formula is C16H14F4N4O5S2. The van der Waals surface area contributed by atoms with Gasteiger partial charge in [-0.3, -0.25) is 10.1 Å². The highest BCUT2D eigenvalue weighted by molar-refractivity contribution is 7.89. The zero-order chi connectivity index (χ0) is 23.4. The van der Waals surface area contributed by atoms with Crippen molar-refractivity contribution in [2.24, 2.45) is 5.14 Å². The predicted octanol–water partition coefficient (Wildman–Crippen LogP) is 3.33. The molecule has 0 bridgehead atoms. The number of primary sulfonamides is 1. The van der Waals surface area contributed by atoms with Crippen LogP contribution in [0.3, 0.4) is 0 Å². The first-order valence-electron chi connectivity index (χ1n) is 8.07. The molecule has 2 aromatic rings. The van der Waals surface area contributed by atoms with E-state index >= 15 is 0 Å². The SMILES string of the molecule is NS(=O)(=O)c1ccc(NC(=S)Nc2cc(OCC(F)(F)C(F)F)cc([N+](=O)[O-])c2)cc1. The van der Waals surface area contributed by atoms with E-state index in [1.165, 1.54) is 24.3 Å². The summed E-state index contributed by atoms with van der Waals surface area (Å²) in [6.45, 7) is -1.69. The highest BCUT2D eigenvalue weighted by atomic mass is 32.2. The number of alkyl halides is 4. The van der Waals surface area contributed by atoms with Crippen LogP contribution in [0, 0.1) is 10.1 Å². The zero-order valence-electron chi connectivity index (χ0n) is 15.2. The molecule has 0 fully saturated rings. The number of nitrogens with one attached hydrogen (secondary N) is 2. The molecule has 2 aromatic carbocycles. The van der Waals surface area contributed by atoms with Crippen LogP contribution in [0.25, 0.3) is 0 Å². The van der Waals surface area contributed by atoms with E-state index < -0.39 is 45.3 Å². The number of nitro groups is 1. The Morgan fingerprint density at radius 3 is 2.26 bits per heavy atom. The molecule has 15 heteroatoms. The highest BCUT2D eigenvalue weighted by Gasteiger charge is 2.41. The topological polar surface area (TPSA) is 137 Å². The van der Waals surface area contributed by atoms with Crippen molar-refractivity contribution in [1.29, 1.82) is 0 Å². The van der Waals surface area contributed by atoms with Gasteiger partial charge in [-0.2, -0.15) is 8.78 Å². The maximum atomic E-state index is 13.0. The van der Waals surface area contributed by atoms with Crippen LogP contribution in [0.4, 0.5) is 34.6 Å². The molecule has 0 atom stereocenters. The molecule has 0 aliphatic carbocycles. The number of thiocarbonyl (C=S) groups is 1. The molecule has 0 heterocycles. The third-order valence-corrected chi connectivity index (χ3v) is 4.68. The van der Waals surface area contributed by atoms with Gasteiger partial charge < -0.3 is 15.4 Å². The summed E-state index contributed by atoms with van der Waals surface area (Å²) >= 11 is 5.04. The van der Waals surface area contributed by atoms with Crippen LogP contribution in [0.1, 0.15) is 0 Å². The highest BCUT2D eigenvalue weighted by Crippen LogP contribution is 2.29. The molecule has 0 radical (unpaired) electrons. The van der Waals surface area contributed by atoms with E-state index in [0.717, 1.165) is 18.2 Å². The second kappa shape index (κ2) is 9.40. The van der Waals surface area contributed by atoms with Crippen LogP contribution < -0.4 is 20.5 Å². The molecule has 0 amide bonds. The van der Waals surface area contributed by atoms with Crippen molar-refractivity contribution in [3.63, 3.8) is 0 Å². The van der Waals surface area contributed by atoms with Crippen LogP contribution in [-0.2, 0) is 10.0 Å². The molecule has 31 heavy (non-hydrogen) atoms. The summed E-state index contributed by atoms with van der Waals surface area (Å²) in [7, 11) is -3.89. The smallest absolute Gasteiger partial charge is 0.340 e. The molecule has 4 N–H and O–H groups in total. The molecule has 168 valence electrons. The van der Waals surface area contributed by atoms with E-state index in [1.807, 2.05) is 0 Å². The Morgan fingerprint density at radius 2 is 1.74 bits per heavy atom. The summed E-state index contributed by atoms with van der Waals surface area (Å²) < 4.78 is 77.7. The fourth-order valence-electron chi connectivity index (χ4n) is 2.11. The quantitative estimate of drug-likeness (QED) is 0.226. The van der Waals surface area contributed by atoms with E-state index in [0.29, 0.717) is 5.69 Å². The first-order chi connectivity index (χ1) is 14.3. The average Bonchev–Trinajstić information content (AvgIpc) is 2.65. The second-order valence-corrected chi connectivity index (χ2v) is 7.94. The Kier molecular flexibility index (Phi) is 7.35. The molecular weight excluding hydrogens is 468 g/mol. The van der Waals surface area contributed by atoms with Crippen molar-refractivity contribution in [2.45, 2.75) is 17.2 Å².